The molecule has 266 valence electrons. The lowest BCUT2D eigenvalue weighted by molar-refractivity contribution is 0.471. The van der Waals surface area contributed by atoms with Crippen molar-refractivity contribution >= 4 is 88.1 Å². The summed E-state index contributed by atoms with van der Waals surface area (Å²) in [5.74, 6) is -1.23. The van der Waals surface area contributed by atoms with Crippen LogP contribution in [0.1, 0.15) is 0 Å². The fourth-order valence-electron chi connectivity index (χ4n) is 6.30. The summed E-state index contributed by atoms with van der Waals surface area (Å²) in [5.41, 5.74) is 28.6. The zero-order valence-electron chi connectivity index (χ0n) is 27.0. The highest BCUT2D eigenvalue weighted by Crippen LogP contribution is 2.52. The number of nitrogens with zero attached hydrogens (tertiary/aromatic N) is 2. The van der Waals surface area contributed by atoms with E-state index in [0.717, 1.165) is 0 Å². The van der Waals surface area contributed by atoms with E-state index in [1.807, 2.05) is 0 Å². The van der Waals surface area contributed by atoms with E-state index >= 15 is 0 Å². The molecule has 0 atom stereocenters. The van der Waals surface area contributed by atoms with E-state index in [2.05, 4.69) is 10.2 Å². The molecule has 0 unspecified atom stereocenters. The second-order valence-electron chi connectivity index (χ2n) is 11.4. The van der Waals surface area contributed by atoms with Crippen molar-refractivity contribution in [1.82, 2.24) is 0 Å². The quantitative estimate of drug-likeness (QED) is 0.0296. The Labute approximate surface area is 305 Å². The minimum Gasteiger partial charge on any atom is -0.505 e. The van der Waals surface area contributed by atoms with Gasteiger partial charge in [0.05, 0.1) is 0 Å². The van der Waals surface area contributed by atoms with Crippen molar-refractivity contribution in [3.8, 4) is 44.9 Å². The summed E-state index contributed by atoms with van der Waals surface area (Å²) in [6.45, 7) is 0. The summed E-state index contributed by atoms with van der Waals surface area (Å²) >= 11 is 2.52. The highest BCUT2D eigenvalue weighted by atomic mass is 32.2. The molecule has 0 saturated heterocycles. The maximum Gasteiger partial charge on any atom is 0.297 e. The standard InChI is InChI=1S/C34H28N6O8S4/c1-49-25-11-15(3-7-21(25)27-23-13-17(35)5-9-19(23)31(41)29(39-37)33(27)51(43,44)45)16-4-8-22(26(12-16)50-2)28-24-14-18(36)6-10-20(24)32(42)30(40-38)34(28)52(46,47)48/h3-14,37-38,41-42H,35-36H2,1-2H3,(H,43,44,45)(H,46,47,48). The van der Waals surface area contributed by atoms with Gasteiger partial charge >= 0.3 is 0 Å². The number of nitrogens with two attached hydrogens (primary N) is 2. The fourth-order valence-corrected chi connectivity index (χ4v) is 9.30. The Balaban J connectivity index is 1.62. The largest absolute Gasteiger partial charge is 0.505 e. The average molecular weight is 777 g/mol. The van der Waals surface area contributed by atoms with Crippen molar-refractivity contribution in [3.63, 3.8) is 0 Å². The third-order valence-corrected chi connectivity index (χ3v) is 11.9. The zero-order valence-corrected chi connectivity index (χ0v) is 30.3. The van der Waals surface area contributed by atoms with Gasteiger partial charge in [0.25, 0.3) is 20.2 Å². The summed E-state index contributed by atoms with van der Waals surface area (Å²) in [6, 6.07) is 19.0. The molecule has 0 fully saturated rings. The Morgan fingerprint density at radius 2 is 0.942 bits per heavy atom. The lowest BCUT2D eigenvalue weighted by Crippen LogP contribution is -2.04. The summed E-state index contributed by atoms with van der Waals surface area (Å²) in [7, 11) is -10.1. The fraction of sp³-hybridized carbons (Fsp3) is 0.0588. The summed E-state index contributed by atoms with van der Waals surface area (Å²) in [4.78, 5) is -0.438. The molecule has 0 radical (unpaired) electrons. The molecule has 0 saturated carbocycles. The second-order valence-corrected chi connectivity index (χ2v) is 15.8. The van der Waals surface area contributed by atoms with Crippen molar-refractivity contribution in [2.45, 2.75) is 19.6 Å². The van der Waals surface area contributed by atoms with Gasteiger partial charge in [-0.25, -0.2) is 11.1 Å². The van der Waals surface area contributed by atoms with Crippen molar-refractivity contribution < 1.29 is 36.2 Å². The molecular formula is C34H28N6O8S4. The van der Waals surface area contributed by atoms with Crippen LogP contribution in [0.5, 0.6) is 11.5 Å². The topological polar surface area (TPSA) is 274 Å². The summed E-state index contributed by atoms with van der Waals surface area (Å²) in [5, 5.41) is 29.0. The maximum atomic E-state index is 12.8. The molecule has 6 rings (SSSR count). The molecule has 0 aromatic heterocycles. The van der Waals surface area contributed by atoms with Crippen LogP contribution in [0.15, 0.2) is 103 Å². The Morgan fingerprint density at radius 3 is 1.25 bits per heavy atom. The molecule has 0 heterocycles. The monoisotopic (exact) mass is 776 g/mol. The molecule has 0 aliphatic heterocycles. The minimum absolute atomic E-state index is 0.0171. The highest BCUT2D eigenvalue weighted by molar-refractivity contribution is 7.99. The van der Waals surface area contributed by atoms with Crippen LogP contribution in [0.4, 0.5) is 22.7 Å². The van der Waals surface area contributed by atoms with Gasteiger partial charge in [-0.1, -0.05) is 24.3 Å². The first-order valence-electron chi connectivity index (χ1n) is 14.8. The van der Waals surface area contributed by atoms with Gasteiger partial charge in [0, 0.05) is 43.1 Å². The third-order valence-electron chi connectivity index (χ3n) is 8.48. The molecule has 18 heteroatoms. The number of anilines is 2. The van der Waals surface area contributed by atoms with Crippen LogP contribution >= 0.6 is 23.5 Å². The number of nitrogens with one attached hydrogen (secondary N) is 2. The molecular weight excluding hydrogens is 749 g/mol. The Hall–Kier alpha value is -5.24. The molecule has 14 nitrogen and oxygen atoms in total. The number of phenols is 2. The summed E-state index contributed by atoms with van der Waals surface area (Å²) < 4.78 is 72.0. The predicted molar refractivity (Wildman–Crippen MR) is 203 cm³/mol. The number of aromatic hydroxyl groups is 2. The number of nitrogen functional groups attached to an aromatic ring is 2. The Bertz CT molecular complexity index is 2570. The van der Waals surface area contributed by atoms with Crippen LogP contribution in [0.25, 0.3) is 54.9 Å². The Morgan fingerprint density at radius 1 is 0.577 bits per heavy atom. The number of phenolic OH excluding ortho intramolecular Hbond substituents is 2. The number of benzene rings is 6. The molecule has 0 aliphatic carbocycles. The van der Waals surface area contributed by atoms with Crippen LogP contribution in [-0.2, 0) is 20.2 Å². The molecule has 0 bridgehead atoms. The molecule has 10 N–H and O–H groups in total. The normalized spacial score (nSPS) is 12.0. The van der Waals surface area contributed by atoms with Gasteiger partial charge in [-0.3, -0.25) is 9.11 Å². The number of hydrogen-bond donors (Lipinski definition) is 8. The van der Waals surface area contributed by atoms with E-state index < -0.39 is 52.9 Å². The van der Waals surface area contributed by atoms with Crippen LogP contribution < -0.4 is 11.5 Å². The maximum absolute atomic E-state index is 12.8. The highest BCUT2D eigenvalue weighted by Gasteiger charge is 2.31. The van der Waals surface area contributed by atoms with Crippen molar-refractivity contribution in [2.75, 3.05) is 24.0 Å². The van der Waals surface area contributed by atoms with Gasteiger partial charge in [-0.05, 0) is 94.1 Å². The van der Waals surface area contributed by atoms with Crippen LogP contribution in [0.3, 0.4) is 0 Å². The number of thioether (sulfide) groups is 2. The Kier molecular flexibility index (Phi) is 9.41. The van der Waals surface area contributed by atoms with Gasteiger partial charge in [0.15, 0.2) is 11.5 Å². The van der Waals surface area contributed by atoms with E-state index in [4.69, 9.17) is 22.5 Å². The van der Waals surface area contributed by atoms with E-state index in [9.17, 15) is 36.2 Å². The summed E-state index contributed by atoms with van der Waals surface area (Å²) in [6.07, 6.45) is 3.51. The number of hydrogen-bond acceptors (Lipinski definition) is 14. The van der Waals surface area contributed by atoms with E-state index in [-0.39, 0.29) is 44.0 Å². The van der Waals surface area contributed by atoms with Crippen LogP contribution in [-0.4, -0.2) is 48.7 Å². The molecule has 0 aliphatic rings. The third kappa shape index (κ3) is 6.08. The van der Waals surface area contributed by atoms with E-state index in [1.165, 1.54) is 59.9 Å². The van der Waals surface area contributed by atoms with Crippen LogP contribution in [0.2, 0.25) is 0 Å². The van der Waals surface area contributed by atoms with Crippen LogP contribution in [0, 0.1) is 11.1 Å². The predicted octanol–water partition coefficient (Wildman–Crippen LogP) is 8.83. The van der Waals surface area contributed by atoms with E-state index in [1.54, 1.807) is 48.9 Å². The second kappa shape index (κ2) is 13.4. The van der Waals surface area contributed by atoms with E-state index in [0.29, 0.717) is 32.0 Å². The SMILES string of the molecule is CSc1cc(-c2ccc(-c3c(S(=O)(=O)O)c(N=N)c(O)c4ccc(N)cc34)c(SC)c2)ccc1-c1c(S(=O)(=O)O)c(N=N)c(O)c2ccc(N)cc12. The molecule has 0 spiro atoms. The number of rotatable bonds is 9. The number of fused-ring (bicyclic) bond motifs is 2. The first-order chi connectivity index (χ1) is 24.5. The molecule has 6 aromatic carbocycles. The lowest BCUT2D eigenvalue weighted by atomic mass is 9.92. The zero-order chi connectivity index (χ0) is 37.9. The van der Waals surface area contributed by atoms with Crippen molar-refractivity contribution in [3.05, 3.63) is 72.8 Å². The van der Waals surface area contributed by atoms with Gasteiger partial charge in [0.2, 0.25) is 0 Å². The van der Waals surface area contributed by atoms with Crippen molar-refractivity contribution in [1.29, 1.82) is 11.1 Å². The van der Waals surface area contributed by atoms with Gasteiger partial charge < -0.3 is 21.7 Å². The minimum atomic E-state index is -5.05. The van der Waals surface area contributed by atoms with Gasteiger partial charge in [-0.15, -0.1) is 23.5 Å². The smallest absolute Gasteiger partial charge is 0.297 e. The van der Waals surface area contributed by atoms with Gasteiger partial charge in [0.1, 0.15) is 21.2 Å². The van der Waals surface area contributed by atoms with Crippen molar-refractivity contribution in [2.24, 2.45) is 10.2 Å². The molecule has 0 amide bonds. The molecule has 52 heavy (non-hydrogen) atoms. The first-order valence-corrected chi connectivity index (χ1v) is 20.1. The first kappa shape index (κ1) is 36.5. The molecule has 6 aromatic rings. The van der Waals surface area contributed by atoms with Gasteiger partial charge in [-0.2, -0.15) is 27.1 Å². The lowest BCUT2D eigenvalue weighted by Gasteiger charge is -2.20. The average Bonchev–Trinajstić information content (AvgIpc) is 3.10.